The number of benzene rings is 2. The van der Waals surface area contributed by atoms with Crippen LogP contribution in [0.5, 0.6) is 0 Å². The van der Waals surface area contributed by atoms with Crippen molar-refractivity contribution in [2.24, 2.45) is 0 Å². The van der Waals surface area contributed by atoms with E-state index in [1.165, 1.54) is 18.2 Å². The standard InChI is InChI=1S/C15H11NO5S/c1-9-6-14(12(16(20)21)7-10(9)8-17)22-13-5-3-2-4-11(13)15(18)19/h2-8H,1H3,(H,18,19). The Bertz CT molecular complexity index is 773. The first-order valence-electron chi connectivity index (χ1n) is 6.18. The molecule has 0 fully saturated rings. The molecule has 0 heterocycles. The van der Waals surface area contributed by atoms with Gasteiger partial charge in [-0.05, 0) is 30.7 Å². The molecule has 112 valence electrons. The summed E-state index contributed by atoms with van der Waals surface area (Å²) in [5.41, 5.74) is 0.676. The largest absolute Gasteiger partial charge is 0.478 e. The molecule has 2 aromatic carbocycles. The fraction of sp³-hybridized carbons (Fsp3) is 0.0667. The van der Waals surface area contributed by atoms with E-state index in [2.05, 4.69) is 0 Å². The molecule has 2 rings (SSSR count). The van der Waals surface area contributed by atoms with Crippen LogP contribution in [0.1, 0.15) is 26.3 Å². The molecule has 0 bridgehead atoms. The van der Waals surface area contributed by atoms with Crippen LogP contribution in [0.25, 0.3) is 0 Å². The summed E-state index contributed by atoms with van der Waals surface area (Å²) in [5, 5.41) is 20.3. The van der Waals surface area contributed by atoms with Crippen LogP contribution >= 0.6 is 11.8 Å². The average molecular weight is 317 g/mol. The highest BCUT2D eigenvalue weighted by atomic mass is 32.2. The van der Waals surface area contributed by atoms with E-state index >= 15 is 0 Å². The molecule has 0 aliphatic rings. The Labute approximate surface area is 129 Å². The third-order valence-electron chi connectivity index (χ3n) is 3.01. The van der Waals surface area contributed by atoms with Crippen molar-refractivity contribution in [2.45, 2.75) is 16.7 Å². The first-order chi connectivity index (χ1) is 10.4. The predicted octanol–water partition coefficient (Wildman–Crippen LogP) is 3.57. The lowest BCUT2D eigenvalue weighted by molar-refractivity contribution is -0.387. The molecule has 0 aliphatic carbocycles. The molecule has 0 unspecified atom stereocenters. The summed E-state index contributed by atoms with van der Waals surface area (Å²) in [6, 6.07) is 8.99. The number of carboxylic acids is 1. The van der Waals surface area contributed by atoms with Gasteiger partial charge < -0.3 is 5.11 Å². The van der Waals surface area contributed by atoms with Crippen molar-refractivity contribution in [3.8, 4) is 0 Å². The van der Waals surface area contributed by atoms with Crippen molar-refractivity contribution in [2.75, 3.05) is 0 Å². The molecule has 1 N–H and O–H groups in total. The lowest BCUT2D eigenvalue weighted by Crippen LogP contribution is -1.99. The highest BCUT2D eigenvalue weighted by molar-refractivity contribution is 7.99. The molecular formula is C15H11NO5S. The number of hydrogen-bond donors (Lipinski definition) is 1. The zero-order chi connectivity index (χ0) is 16.3. The van der Waals surface area contributed by atoms with Crippen molar-refractivity contribution in [3.63, 3.8) is 0 Å². The number of aldehydes is 1. The van der Waals surface area contributed by atoms with E-state index in [1.807, 2.05) is 0 Å². The Kier molecular flexibility index (Phi) is 4.57. The fourth-order valence-electron chi connectivity index (χ4n) is 1.89. The summed E-state index contributed by atoms with van der Waals surface area (Å²) in [6.07, 6.45) is 0.558. The average Bonchev–Trinajstić information content (AvgIpc) is 2.47. The smallest absolute Gasteiger partial charge is 0.336 e. The van der Waals surface area contributed by atoms with E-state index in [9.17, 15) is 19.7 Å². The minimum absolute atomic E-state index is 0.0684. The summed E-state index contributed by atoms with van der Waals surface area (Å²) in [5.74, 6) is -1.10. The fourth-order valence-corrected chi connectivity index (χ4v) is 3.01. The maximum absolute atomic E-state index is 11.2. The summed E-state index contributed by atoms with van der Waals surface area (Å²) in [6.45, 7) is 1.67. The van der Waals surface area contributed by atoms with E-state index in [0.29, 0.717) is 21.6 Å². The van der Waals surface area contributed by atoms with Crippen LogP contribution < -0.4 is 0 Å². The number of nitrogens with zero attached hydrogens (tertiary/aromatic N) is 1. The minimum atomic E-state index is -1.10. The number of aryl methyl sites for hydroxylation is 1. The summed E-state index contributed by atoms with van der Waals surface area (Å²) >= 11 is 0.992. The molecule has 0 amide bonds. The number of rotatable bonds is 5. The number of nitro benzene ring substituents is 1. The molecule has 0 aromatic heterocycles. The second-order valence-electron chi connectivity index (χ2n) is 4.45. The molecule has 22 heavy (non-hydrogen) atoms. The first-order valence-corrected chi connectivity index (χ1v) is 7.00. The normalized spacial score (nSPS) is 10.2. The van der Waals surface area contributed by atoms with Gasteiger partial charge >= 0.3 is 5.97 Å². The van der Waals surface area contributed by atoms with E-state index in [4.69, 9.17) is 5.11 Å². The Balaban J connectivity index is 2.54. The van der Waals surface area contributed by atoms with Crippen molar-refractivity contribution in [1.29, 1.82) is 0 Å². The van der Waals surface area contributed by atoms with Gasteiger partial charge in [-0.25, -0.2) is 4.79 Å². The van der Waals surface area contributed by atoms with Crippen molar-refractivity contribution >= 4 is 29.7 Å². The lowest BCUT2D eigenvalue weighted by atomic mass is 10.1. The number of hydrogen-bond acceptors (Lipinski definition) is 5. The SMILES string of the molecule is Cc1cc(Sc2ccccc2C(=O)O)c([N+](=O)[O-])cc1C=O. The van der Waals surface area contributed by atoms with Gasteiger partial charge in [0.1, 0.15) is 0 Å². The molecule has 2 aromatic rings. The number of carbonyl (C=O) groups is 2. The van der Waals surface area contributed by atoms with Gasteiger partial charge in [0.25, 0.3) is 5.69 Å². The Hall–Kier alpha value is -2.67. The van der Waals surface area contributed by atoms with Gasteiger partial charge in [0.15, 0.2) is 6.29 Å². The topological polar surface area (TPSA) is 97.5 Å². The zero-order valence-corrected chi connectivity index (χ0v) is 12.3. The molecule has 0 aliphatic heterocycles. The van der Waals surface area contributed by atoms with Crippen LogP contribution in [0.2, 0.25) is 0 Å². The summed E-state index contributed by atoms with van der Waals surface area (Å²) in [7, 11) is 0. The van der Waals surface area contributed by atoms with Crippen molar-refractivity contribution in [1.82, 2.24) is 0 Å². The summed E-state index contributed by atoms with van der Waals surface area (Å²) in [4.78, 5) is 33.4. The Morgan fingerprint density at radius 3 is 2.55 bits per heavy atom. The highest BCUT2D eigenvalue weighted by Gasteiger charge is 2.20. The van der Waals surface area contributed by atoms with Crippen LogP contribution in [0.15, 0.2) is 46.2 Å². The minimum Gasteiger partial charge on any atom is -0.478 e. The zero-order valence-electron chi connectivity index (χ0n) is 11.5. The van der Waals surface area contributed by atoms with E-state index in [-0.39, 0.29) is 16.8 Å². The molecule has 0 radical (unpaired) electrons. The second-order valence-corrected chi connectivity index (χ2v) is 5.54. The van der Waals surface area contributed by atoms with Crippen LogP contribution in [0.4, 0.5) is 5.69 Å². The van der Waals surface area contributed by atoms with Gasteiger partial charge in [-0.1, -0.05) is 23.9 Å². The van der Waals surface area contributed by atoms with Crippen LogP contribution in [0.3, 0.4) is 0 Å². The second kappa shape index (κ2) is 6.40. The Morgan fingerprint density at radius 2 is 1.95 bits per heavy atom. The van der Waals surface area contributed by atoms with Gasteiger partial charge in [-0.15, -0.1) is 0 Å². The van der Waals surface area contributed by atoms with Crippen LogP contribution in [-0.4, -0.2) is 22.3 Å². The van der Waals surface area contributed by atoms with Gasteiger partial charge in [0.05, 0.1) is 15.4 Å². The van der Waals surface area contributed by atoms with Crippen LogP contribution in [-0.2, 0) is 0 Å². The van der Waals surface area contributed by atoms with Crippen molar-refractivity contribution in [3.05, 3.63) is 63.2 Å². The predicted molar refractivity (Wildman–Crippen MR) is 80.7 cm³/mol. The molecular weight excluding hydrogens is 306 g/mol. The third kappa shape index (κ3) is 3.15. The number of nitro groups is 1. The van der Waals surface area contributed by atoms with E-state index < -0.39 is 10.9 Å². The van der Waals surface area contributed by atoms with Crippen LogP contribution in [0, 0.1) is 17.0 Å². The molecule has 0 saturated carbocycles. The number of carbonyl (C=O) groups excluding carboxylic acids is 1. The van der Waals surface area contributed by atoms with E-state index in [1.54, 1.807) is 25.1 Å². The van der Waals surface area contributed by atoms with Gasteiger partial charge in [0, 0.05) is 16.5 Å². The van der Waals surface area contributed by atoms with Crippen molar-refractivity contribution < 1.29 is 19.6 Å². The maximum atomic E-state index is 11.2. The number of carboxylic acid groups (broad SMARTS) is 1. The number of aromatic carboxylic acids is 1. The van der Waals surface area contributed by atoms with Gasteiger partial charge in [-0.2, -0.15) is 0 Å². The molecule has 0 atom stereocenters. The molecule has 6 nitrogen and oxygen atoms in total. The highest BCUT2D eigenvalue weighted by Crippen LogP contribution is 2.37. The quantitative estimate of drug-likeness (QED) is 0.514. The van der Waals surface area contributed by atoms with Gasteiger partial charge in [0.2, 0.25) is 0 Å². The van der Waals surface area contributed by atoms with Gasteiger partial charge in [-0.3, -0.25) is 14.9 Å². The molecule has 7 heteroatoms. The third-order valence-corrected chi connectivity index (χ3v) is 4.13. The summed E-state index contributed by atoms with van der Waals surface area (Å²) < 4.78 is 0. The lowest BCUT2D eigenvalue weighted by Gasteiger charge is -2.08. The molecule has 0 saturated heterocycles. The Morgan fingerprint density at radius 1 is 1.27 bits per heavy atom. The van der Waals surface area contributed by atoms with E-state index in [0.717, 1.165) is 11.8 Å². The molecule has 0 spiro atoms. The maximum Gasteiger partial charge on any atom is 0.336 e. The monoisotopic (exact) mass is 317 g/mol. The first kappa shape index (κ1) is 15.7.